The Morgan fingerprint density at radius 3 is 2.31 bits per heavy atom. The molecule has 0 saturated carbocycles. The predicted molar refractivity (Wildman–Crippen MR) is 143 cm³/mol. The summed E-state index contributed by atoms with van der Waals surface area (Å²) in [6, 6.07) is 19.2. The number of carbonyl (C=O) groups excluding carboxylic acids is 2. The fourth-order valence-electron chi connectivity index (χ4n) is 3.39. The minimum absolute atomic E-state index is 0.0145. The maximum atomic E-state index is 13.2. The van der Waals surface area contributed by atoms with Gasteiger partial charge in [0.2, 0.25) is 11.8 Å². The third-order valence-corrected chi connectivity index (χ3v) is 6.99. The highest BCUT2D eigenvalue weighted by molar-refractivity contribution is 8.15. The molecule has 1 heterocycles. The van der Waals surface area contributed by atoms with E-state index in [9.17, 15) is 9.59 Å². The number of amidine groups is 1. The Morgan fingerprint density at radius 1 is 1.03 bits per heavy atom. The van der Waals surface area contributed by atoms with Crippen LogP contribution in [0.1, 0.15) is 12.0 Å². The number of aliphatic imine (C=N–C) groups is 1. The summed E-state index contributed by atoms with van der Waals surface area (Å²) < 4.78 is 5.21. The molecule has 0 spiro atoms. The summed E-state index contributed by atoms with van der Waals surface area (Å²) in [7, 11) is 1.60. The van der Waals surface area contributed by atoms with E-state index in [-0.39, 0.29) is 18.2 Å². The van der Waals surface area contributed by atoms with Crippen LogP contribution >= 0.6 is 46.6 Å². The number of halogens is 3. The number of ether oxygens (including phenoxy) is 1. The zero-order valence-corrected chi connectivity index (χ0v) is 21.6. The van der Waals surface area contributed by atoms with Crippen molar-refractivity contribution in [3.63, 3.8) is 0 Å². The zero-order valence-electron chi connectivity index (χ0n) is 18.5. The number of hydrogen-bond acceptors (Lipinski definition) is 5. The average molecular weight is 549 g/mol. The maximum absolute atomic E-state index is 13.2. The first kappa shape index (κ1) is 25.4. The minimum Gasteiger partial charge on any atom is -0.497 e. The molecule has 0 aliphatic carbocycles. The molecule has 1 fully saturated rings. The molecule has 0 radical (unpaired) electrons. The first-order valence-corrected chi connectivity index (χ1v) is 12.5. The molecular formula is C25H20Cl3N3O3S. The van der Waals surface area contributed by atoms with Gasteiger partial charge in [-0.05, 0) is 60.2 Å². The van der Waals surface area contributed by atoms with Crippen molar-refractivity contribution in [1.29, 1.82) is 0 Å². The summed E-state index contributed by atoms with van der Waals surface area (Å²) in [6.45, 7) is 0.306. The van der Waals surface area contributed by atoms with Crippen LogP contribution in [-0.4, -0.2) is 34.2 Å². The maximum Gasteiger partial charge on any atom is 0.238 e. The second kappa shape index (κ2) is 11.4. The van der Waals surface area contributed by atoms with Gasteiger partial charge >= 0.3 is 0 Å². The molecule has 1 aliphatic rings. The highest BCUT2D eigenvalue weighted by Gasteiger charge is 2.36. The van der Waals surface area contributed by atoms with Crippen LogP contribution in [0.2, 0.25) is 15.1 Å². The molecule has 6 nitrogen and oxygen atoms in total. The van der Waals surface area contributed by atoms with Crippen LogP contribution in [0, 0.1) is 0 Å². The summed E-state index contributed by atoms with van der Waals surface area (Å²) in [4.78, 5) is 32.5. The molecule has 0 aromatic heterocycles. The fourth-order valence-corrected chi connectivity index (χ4v) is 5.14. The fraction of sp³-hybridized carbons (Fsp3) is 0.160. The van der Waals surface area contributed by atoms with Crippen LogP contribution in [0.25, 0.3) is 0 Å². The van der Waals surface area contributed by atoms with Gasteiger partial charge in [-0.15, -0.1) is 0 Å². The minimum atomic E-state index is -0.682. The number of hydrogen-bond donors (Lipinski definition) is 1. The van der Waals surface area contributed by atoms with E-state index in [1.165, 1.54) is 11.8 Å². The lowest BCUT2D eigenvalue weighted by Crippen LogP contribution is -2.44. The molecule has 0 bridgehead atoms. The summed E-state index contributed by atoms with van der Waals surface area (Å²) in [5.41, 5.74) is 1.98. The van der Waals surface area contributed by atoms with Crippen molar-refractivity contribution < 1.29 is 14.3 Å². The van der Waals surface area contributed by atoms with E-state index in [1.807, 2.05) is 24.3 Å². The largest absolute Gasteiger partial charge is 0.497 e. The van der Waals surface area contributed by atoms with Gasteiger partial charge in [0.25, 0.3) is 0 Å². The molecule has 1 saturated heterocycles. The summed E-state index contributed by atoms with van der Waals surface area (Å²) >= 11 is 19.3. The van der Waals surface area contributed by atoms with Crippen LogP contribution < -0.4 is 10.1 Å². The van der Waals surface area contributed by atoms with Crippen molar-refractivity contribution in [3.8, 4) is 5.75 Å². The van der Waals surface area contributed by atoms with E-state index < -0.39 is 5.25 Å². The SMILES string of the molecule is COc1ccc(CN2C(=O)CC(C(=O)Nc3cc(Cl)cc(Cl)c3)SC2=Nc2ccc(Cl)cc2)cc1. The van der Waals surface area contributed by atoms with E-state index >= 15 is 0 Å². The topological polar surface area (TPSA) is 71.0 Å². The summed E-state index contributed by atoms with van der Waals surface area (Å²) in [6.07, 6.45) is 0.0145. The van der Waals surface area contributed by atoms with Crippen LogP contribution in [0.5, 0.6) is 5.75 Å². The normalized spacial score (nSPS) is 16.9. The highest BCUT2D eigenvalue weighted by atomic mass is 35.5. The molecule has 10 heteroatoms. The Hall–Kier alpha value is -2.71. The standard InChI is InChI=1S/C25H20Cl3N3O3S/c1-34-21-8-2-15(3-9-21)14-31-23(32)13-22(24(33)29-20-11-17(27)10-18(28)12-20)35-25(31)30-19-6-4-16(26)5-7-19/h2-12,22H,13-14H2,1H3,(H,29,33). The van der Waals surface area contributed by atoms with E-state index in [0.29, 0.717) is 38.2 Å². The van der Waals surface area contributed by atoms with E-state index in [0.717, 1.165) is 11.3 Å². The van der Waals surface area contributed by atoms with Gasteiger partial charge < -0.3 is 10.1 Å². The Kier molecular flexibility index (Phi) is 8.23. The molecule has 1 aliphatic heterocycles. The van der Waals surface area contributed by atoms with E-state index in [2.05, 4.69) is 10.3 Å². The van der Waals surface area contributed by atoms with Crippen LogP contribution in [0.4, 0.5) is 11.4 Å². The smallest absolute Gasteiger partial charge is 0.238 e. The highest BCUT2D eigenvalue weighted by Crippen LogP contribution is 2.32. The number of anilines is 1. The first-order valence-electron chi connectivity index (χ1n) is 10.5. The number of amides is 2. The number of thioether (sulfide) groups is 1. The predicted octanol–water partition coefficient (Wildman–Crippen LogP) is 6.82. The van der Waals surface area contributed by atoms with Crippen LogP contribution in [0.3, 0.4) is 0 Å². The molecule has 35 heavy (non-hydrogen) atoms. The quantitative estimate of drug-likeness (QED) is 0.367. The Bertz CT molecular complexity index is 1250. The number of carbonyl (C=O) groups is 2. The van der Waals surface area contributed by atoms with Gasteiger partial charge in [-0.2, -0.15) is 0 Å². The Balaban J connectivity index is 1.59. The molecular weight excluding hydrogens is 529 g/mol. The van der Waals surface area contributed by atoms with Gasteiger partial charge in [0.05, 0.1) is 19.3 Å². The molecule has 1 atom stereocenters. The van der Waals surface area contributed by atoms with Crippen LogP contribution in [0.15, 0.2) is 71.7 Å². The number of rotatable bonds is 6. The third kappa shape index (κ3) is 6.70. The summed E-state index contributed by atoms with van der Waals surface area (Å²) in [5.74, 6) is 0.173. The second-order valence-electron chi connectivity index (χ2n) is 7.66. The zero-order chi connectivity index (χ0) is 24.9. The Morgan fingerprint density at radius 2 is 1.69 bits per heavy atom. The monoisotopic (exact) mass is 547 g/mol. The Labute approximate surface area is 222 Å². The molecule has 4 rings (SSSR count). The van der Waals surface area contributed by atoms with Crippen molar-refractivity contribution >= 4 is 74.9 Å². The molecule has 3 aromatic rings. The van der Waals surface area contributed by atoms with Gasteiger partial charge in [-0.25, -0.2) is 4.99 Å². The second-order valence-corrected chi connectivity index (χ2v) is 10.1. The lowest BCUT2D eigenvalue weighted by atomic mass is 10.2. The molecule has 2 amide bonds. The lowest BCUT2D eigenvalue weighted by molar-refractivity contribution is -0.129. The lowest BCUT2D eigenvalue weighted by Gasteiger charge is -2.32. The average Bonchev–Trinajstić information content (AvgIpc) is 2.82. The first-order chi connectivity index (χ1) is 16.8. The number of nitrogens with zero attached hydrogens (tertiary/aromatic N) is 2. The van der Waals surface area contributed by atoms with Crippen LogP contribution in [-0.2, 0) is 16.1 Å². The van der Waals surface area contributed by atoms with Crippen molar-refractivity contribution in [2.45, 2.75) is 18.2 Å². The number of benzene rings is 3. The third-order valence-electron chi connectivity index (χ3n) is 5.11. The van der Waals surface area contributed by atoms with Gasteiger partial charge in [0.1, 0.15) is 11.0 Å². The van der Waals surface area contributed by atoms with Crippen molar-refractivity contribution in [2.24, 2.45) is 4.99 Å². The molecule has 1 N–H and O–H groups in total. The van der Waals surface area contributed by atoms with Gasteiger partial charge in [-0.3, -0.25) is 14.5 Å². The van der Waals surface area contributed by atoms with Crippen molar-refractivity contribution in [1.82, 2.24) is 4.90 Å². The van der Waals surface area contributed by atoms with Gasteiger partial charge in [0.15, 0.2) is 5.17 Å². The summed E-state index contributed by atoms with van der Waals surface area (Å²) in [5, 5.41) is 3.91. The molecule has 180 valence electrons. The van der Waals surface area contributed by atoms with E-state index in [1.54, 1.807) is 54.5 Å². The van der Waals surface area contributed by atoms with Crippen molar-refractivity contribution in [3.05, 3.63) is 87.4 Å². The molecule has 3 aromatic carbocycles. The number of methoxy groups -OCH3 is 1. The van der Waals surface area contributed by atoms with Crippen molar-refractivity contribution in [2.75, 3.05) is 12.4 Å². The molecule has 1 unspecified atom stereocenters. The van der Waals surface area contributed by atoms with E-state index in [4.69, 9.17) is 39.5 Å². The number of nitrogens with one attached hydrogen (secondary N) is 1. The van der Waals surface area contributed by atoms with Gasteiger partial charge in [-0.1, -0.05) is 58.7 Å². The van der Waals surface area contributed by atoms with Gasteiger partial charge in [0, 0.05) is 27.2 Å².